The summed E-state index contributed by atoms with van der Waals surface area (Å²) >= 11 is -0.440. The van der Waals surface area contributed by atoms with Gasteiger partial charge in [-0.2, -0.15) is 92.2 Å². The highest BCUT2D eigenvalue weighted by molar-refractivity contribution is 8.13. The van der Waals surface area contributed by atoms with E-state index in [0.717, 1.165) is 0 Å². The van der Waals surface area contributed by atoms with E-state index in [0.29, 0.717) is 19.1 Å². The Kier molecular flexibility index (Phi) is 12.4. The van der Waals surface area contributed by atoms with Crippen molar-refractivity contribution in [2.45, 2.75) is 91.6 Å². The van der Waals surface area contributed by atoms with Crippen molar-refractivity contribution in [3.8, 4) is 0 Å². The molecule has 3 nitrogen and oxygen atoms in total. The van der Waals surface area contributed by atoms with Crippen molar-refractivity contribution >= 4 is 23.3 Å². The first-order chi connectivity index (χ1) is 19.2. The van der Waals surface area contributed by atoms with E-state index in [2.05, 4.69) is 0 Å². The summed E-state index contributed by atoms with van der Waals surface area (Å²) in [5, 5.41) is 0.559. The molecule has 0 atom stereocenters. The second kappa shape index (κ2) is 13.0. The Balaban J connectivity index is 6.20. The molecule has 25 heteroatoms. The van der Waals surface area contributed by atoms with Crippen LogP contribution in [0.25, 0.3) is 0 Å². The van der Waals surface area contributed by atoms with Crippen LogP contribution < -0.4 is 5.32 Å². The fraction of sp³-hybridized carbons (Fsp3) is 0.895. The molecule has 0 aliphatic rings. The molecule has 0 heterocycles. The van der Waals surface area contributed by atoms with Crippen molar-refractivity contribution < 1.29 is 102 Å². The highest BCUT2D eigenvalue weighted by Gasteiger charge is 2.97. The topological polar surface area (TPSA) is 46.2 Å². The molecule has 1 N–H and O–H groups in total. The minimum Gasteiger partial charge on any atom is -0.347 e. The Labute approximate surface area is 235 Å². The third-order valence-corrected chi connectivity index (χ3v) is 6.31. The van der Waals surface area contributed by atoms with E-state index in [4.69, 9.17) is 0 Å². The Bertz CT molecular complexity index is 994. The lowest BCUT2D eigenvalue weighted by Crippen LogP contribution is -2.76. The average Bonchev–Trinajstić information content (AvgIpc) is 2.84. The fourth-order valence-corrected chi connectivity index (χ4v) is 3.54. The number of rotatable bonds is 17. The first kappa shape index (κ1) is 42.0. The Morgan fingerprint density at radius 1 is 0.523 bits per heavy atom. The maximum Gasteiger partial charge on any atom is 0.460 e. The molecule has 0 aromatic rings. The Morgan fingerprint density at radius 2 is 0.886 bits per heavy atom. The third-order valence-electron chi connectivity index (χ3n) is 5.49. The first-order valence-corrected chi connectivity index (χ1v) is 12.0. The van der Waals surface area contributed by atoms with Crippen LogP contribution in [0, 0.1) is 0 Å². The summed E-state index contributed by atoms with van der Waals surface area (Å²) in [6.45, 7) is -0.247. The molecule has 0 unspecified atom stereocenters. The van der Waals surface area contributed by atoms with E-state index in [1.54, 1.807) is 0 Å². The molecule has 0 aliphatic heterocycles. The van der Waals surface area contributed by atoms with Gasteiger partial charge in [0.25, 0.3) is 5.24 Å². The van der Waals surface area contributed by atoms with E-state index < -0.39 is 88.7 Å². The van der Waals surface area contributed by atoms with Gasteiger partial charge in [0.1, 0.15) is 6.29 Å². The zero-order chi connectivity index (χ0) is 35.6. The highest BCUT2D eigenvalue weighted by atomic mass is 32.2. The summed E-state index contributed by atoms with van der Waals surface area (Å²) in [6.07, 6.45) is -9.44. The molecule has 0 radical (unpaired) electrons. The van der Waals surface area contributed by atoms with Crippen LogP contribution in [0.1, 0.15) is 32.1 Å². The van der Waals surface area contributed by atoms with E-state index in [1.165, 1.54) is 0 Å². The van der Waals surface area contributed by atoms with Gasteiger partial charge in [-0.25, -0.2) is 0 Å². The molecule has 0 aromatic carbocycles. The van der Waals surface area contributed by atoms with Crippen LogP contribution in [0.3, 0.4) is 0 Å². The van der Waals surface area contributed by atoms with Gasteiger partial charge in [-0.3, -0.25) is 4.79 Å². The highest BCUT2D eigenvalue weighted by Crippen LogP contribution is 2.66. The van der Waals surface area contributed by atoms with Crippen LogP contribution in [0.4, 0.5) is 97.0 Å². The number of nitrogens with one attached hydrogen (secondary N) is 1. The van der Waals surface area contributed by atoms with Crippen LogP contribution in [-0.4, -0.2) is 83.3 Å². The predicted molar refractivity (Wildman–Crippen MR) is 106 cm³/mol. The molecule has 262 valence electrons. The summed E-state index contributed by atoms with van der Waals surface area (Å²) in [6, 6.07) is 0. The quantitative estimate of drug-likeness (QED) is 0.0928. The van der Waals surface area contributed by atoms with Gasteiger partial charge >= 0.3 is 59.5 Å². The number of alkyl halides is 21. The first-order valence-electron chi connectivity index (χ1n) is 11.0. The van der Waals surface area contributed by atoms with Gasteiger partial charge < -0.3 is 10.1 Å². The molecule has 0 aromatic heterocycles. The van der Waals surface area contributed by atoms with Crippen LogP contribution in [0.5, 0.6) is 0 Å². The zero-order valence-electron chi connectivity index (χ0n) is 20.7. The summed E-state index contributed by atoms with van der Waals surface area (Å²) in [5.41, 5.74) is 0. The molecule has 0 rings (SSSR count). The SMILES string of the molecule is O=CCCCCCNC(=O)SCCC(F)(F)C(F)(F)C(F)(F)C(F)(F)C(F)(F)C(F)(F)C(F)(F)C(F)(F)C(F)(F)C(F)(F)F. The van der Waals surface area contributed by atoms with Crippen molar-refractivity contribution in [1.82, 2.24) is 5.32 Å². The number of unbranched alkanes of at least 4 members (excludes halogenated alkanes) is 3. The van der Waals surface area contributed by atoms with Crippen molar-refractivity contribution in [3.05, 3.63) is 0 Å². The van der Waals surface area contributed by atoms with Crippen LogP contribution in [-0.2, 0) is 4.79 Å². The predicted octanol–water partition coefficient (Wildman–Crippen LogP) is 8.86. The molecule has 1 amide bonds. The summed E-state index contributed by atoms with van der Waals surface area (Å²) in [4.78, 5) is 21.5. The van der Waals surface area contributed by atoms with Crippen molar-refractivity contribution in [1.29, 1.82) is 0 Å². The number of carbonyl (C=O) groups is 2. The number of amides is 1. The summed E-state index contributed by atoms with van der Waals surface area (Å²) in [5.74, 6) is -79.0. The second-order valence-electron chi connectivity index (χ2n) is 8.63. The summed E-state index contributed by atoms with van der Waals surface area (Å²) < 4.78 is 280. The van der Waals surface area contributed by atoms with E-state index in [-0.39, 0.29) is 19.4 Å². The maximum atomic E-state index is 13.8. The van der Waals surface area contributed by atoms with Crippen molar-refractivity contribution in [2.75, 3.05) is 12.3 Å². The largest absolute Gasteiger partial charge is 0.460 e. The van der Waals surface area contributed by atoms with Crippen molar-refractivity contribution in [3.63, 3.8) is 0 Å². The van der Waals surface area contributed by atoms with Gasteiger partial charge in [-0.15, -0.1) is 0 Å². The summed E-state index contributed by atoms with van der Waals surface area (Å²) in [7, 11) is 0. The second-order valence-corrected chi connectivity index (χ2v) is 9.69. The van der Waals surface area contributed by atoms with Gasteiger partial charge in [0.2, 0.25) is 0 Å². The average molecular weight is 721 g/mol. The molecule has 0 fully saturated rings. The number of hydrogen-bond acceptors (Lipinski definition) is 3. The molecular weight excluding hydrogens is 705 g/mol. The van der Waals surface area contributed by atoms with Gasteiger partial charge in [0.05, 0.1) is 0 Å². The van der Waals surface area contributed by atoms with E-state index in [9.17, 15) is 102 Å². The Morgan fingerprint density at radius 3 is 1.25 bits per heavy atom. The molecule has 44 heavy (non-hydrogen) atoms. The molecule has 0 saturated heterocycles. The lowest BCUT2D eigenvalue weighted by molar-refractivity contribution is -0.474. The minimum atomic E-state index is -9.21. The number of aldehydes is 1. The van der Waals surface area contributed by atoms with Crippen LogP contribution in [0.15, 0.2) is 0 Å². The zero-order valence-corrected chi connectivity index (χ0v) is 21.5. The minimum absolute atomic E-state index is 0.113. The third kappa shape index (κ3) is 6.89. The lowest BCUT2D eigenvalue weighted by atomic mass is 9.86. The smallest absolute Gasteiger partial charge is 0.347 e. The van der Waals surface area contributed by atoms with E-state index in [1.807, 2.05) is 5.32 Å². The van der Waals surface area contributed by atoms with Crippen LogP contribution in [0.2, 0.25) is 0 Å². The van der Waals surface area contributed by atoms with Gasteiger partial charge in [-0.05, 0) is 12.8 Å². The Hall–Kier alpha value is -1.98. The monoisotopic (exact) mass is 721 g/mol. The normalized spacial score (nSPS) is 15.4. The fourth-order valence-electron chi connectivity index (χ4n) is 2.79. The van der Waals surface area contributed by atoms with Crippen molar-refractivity contribution in [2.24, 2.45) is 0 Å². The molecule has 0 saturated carbocycles. The number of hydrogen-bond donors (Lipinski definition) is 1. The van der Waals surface area contributed by atoms with Gasteiger partial charge in [0, 0.05) is 25.1 Å². The number of thioether (sulfide) groups is 1. The van der Waals surface area contributed by atoms with Gasteiger partial charge in [-0.1, -0.05) is 18.2 Å². The molecule has 0 aliphatic carbocycles. The van der Waals surface area contributed by atoms with Gasteiger partial charge in [0.15, 0.2) is 0 Å². The molecule has 0 spiro atoms. The maximum absolute atomic E-state index is 13.8. The van der Waals surface area contributed by atoms with E-state index >= 15 is 0 Å². The standard InChI is InChI=1S/C19H16F21NO2S/c20-10(21,5-8-44-9(43)41-6-3-1-2-4-7-42)11(22,23)12(24,25)13(26,27)14(28,29)15(30,31)16(32,33)17(34,35)18(36,37)19(38,39)40/h7H,1-6,8H2,(H,41,43). The lowest BCUT2D eigenvalue weighted by Gasteiger charge is -2.44. The number of carbonyl (C=O) groups excluding carboxylic acids is 2. The molecule has 0 bridgehead atoms. The number of halogens is 21. The van der Waals surface area contributed by atoms with Crippen LogP contribution >= 0.6 is 11.8 Å². The molecular formula is C19H16F21NO2S.